The fraction of sp³-hybridized carbons (Fsp3) is 0.111. The van der Waals surface area contributed by atoms with E-state index in [-0.39, 0.29) is 22.8 Å². The molecule has 0 aliphatic rings. The minimum Gasteiger partial charge on any atom is -0.478 e. The Morgan fingerprint density at radius 1 is 1.22 bits per heavy atom. The molecule has 7 nitrogen and oxygen atoms in total. The molecule has 1 heterocycles. The maximum Gasteiger partial charge on any atom is 0.335 e. The molecule has 1 aromatic heterocycles. The van der Waals surface area contributed by atoms with E-state index in [1.807, 2.05) is 0 Å². The second-order valence-corrected chi connectivity index (χ2v) is 7.66. The Kier molecular flexibility index (Phi) is 4.95. The lowest BCUT2D eigenvalue weighted by Gasteiger charge is -2.24. The van der Waals surface area contributed by atoms with Crippen LogP contribution in [0.5, 0.6) is 0 Å². The van der Waals surface area contributed by atoms with Gasteiger partial charge in [-0.15, -0.1) is 0 Å². The number of rotatable bonds is 6. The van der Waals surface area contributed by atoms with Gasteiger partial charge in [0.05, 0.1) is 24.1 Å². The summed E-state index contributed by atoms with van der Waals surface area (Å²) < 4.78 is 43.1. The summed E-state index contributed by atoms with van der Waals surface area (Å²) in [7, 11) is -2.55. The third kappa shape index (κ3) is 3.82. The second kappa shape index (κ2) is 7.20. The number of hydrogen-bond donors (Lipinski definition) is 1. The van der Waals surface area contributed by atoms with Gasteiger partial charge in [-0.2, -0.15) is 8.42 Å². The third-order valence-electron chi connectivity index (χ3n) is 3.87. The van der Waals surface area contributed by atoms with Crippen molar-refractivity contribution < 1.29 is 22.7 Å². The van der Waals surface area contributed by atoms with Crippen LogP contribution in [0.3, 0.4) is 0 Å². The average molecular weight is 389 g/mol. The zero-order valence-corrected chi connectivity index (χ0v) is 15.1. The van der Waals surface area contributed by atoms with Gasteiger partial charge in [0.15, 0.2) is 5.03 Å². The number of sulfonamides is 1. The number of imidazole rings is 1. The minimum atomic E-state index is -4.17. The lowest BCUT2D eigenvalue weighted by molar-refractivity contribution is 0.0696. The van der Waals surface area contributed by atoms with Crippen molar-refractivity contribution in [2.75, 3.05) is 4.31 Å². The zero-order valence-electron chi connectivity index (χ0n) is 14.3. The first-order valence-corrected chi connectivity index (χ1v) is 9.30. The van der Waals surface area contributed by atoms with Gasteiger partial charge in [0, 0.05) is 13.2 Å². The topological polar surface area (TPSA) is 92.5 Å². The number of nitrogens with zero attached hydrogens (tertiary/aromatic N) is 3. The van der Waals surface area contributed by atoms with Gasteiger partial charge in [0.2, 0.25) is 0 Å². The second-order valence-electron chi connectivity index (χ2n) is 5.85. The first-order chi connectivity index (χ1) is 12.8. The van der Waals surface area contributed by atoms with Gasteiger partial charge in [-0.3, -0.25) is 4.31 Å². The molecule has 0 bridgehead atoms. The summed E-state index contributed by atoms with van der Waals surface area (Å²) in [4.78, 5) is 14.9. The van der Waals surface area contributed by atoms with Crippen LogP contribution in [0.15, 0.2) is 66.1 Å². The van der Waals surface area contributed by atoms with Crippen LogP contribution in [0.2, 0.25) is 0 Å². The van der Waals surface area contributed by atoms with Crippen LogP contribution in [0, 0.1) is 5.82 Å². The predicted molar refractivity (Wildman–Crippen MR) is 96.4 cm³/mol. The van der Waals surface area contributed by atoms with E-state index in [0.717, 1.165) is 22.5 Å². The molecule has 0 radical (unpaired) electrons. The molecule has 0 saturated carbocycles. The van der Waals surface area contributed by atoms with Gasteiger partial charge in [0.25, 0.3) is 10.0 Å². The molecule has 3 aromatic rings. The number of anilines is 1. The van der Waals surface area contributed by atoms with Crippen LogP contribution in [0.1, 0.15) is 15.9 Å². The fourth-order valence-corrected chi connectivity index (χ4v) is 3.96. The number of aromatic carboxylic acids is 1. The molecule has 27 heavy (non-hydrogen) atoms. The van der Waals surface area contributed by atoms with Gasteiger partial charge in [-0.05, 0) is 23.8 Å². The van der Waals surface area contributed by atoms with E-state index in [1.165, 1.54) is 17.1 Å². The summed E-state index contributed by atoms with van der Waals surface area (Å²) in [6.07, 6.45) is 2.65. The van der Waals surface area contributed by atoms with Crippen molar-refractivity contribution in [1.82, 2.24) is 9.55 Å². The highest BCUT2D eigenvalue weighted by Crippen LogP contribution is 2.28. The number of aromatic nitrogens is 2. The molecular formula is C18H16FN3O4S. The van der Waals surface area contributed by atoms with Crippen molar-refractivity contribution >= 4 is 21.7 Å². The third-order valence-corrected chi connectivity index (χ3v) is 5.51. The molecule has 0 atom stereocenters. The van der Waals surface area contributed by atoms with Gasteiger partial charge in [-0.1, -0.05) is 30.3 Å². The Hall–Kier alpha value is -3.20. The smallest absolute Gasteiger partial charge is 0.335 e. The highest BCUT2D eigenvalue weighted by atomic mass is 32.2. The fourth-order valence-electron chi connectivity index (χ4n) is 2.53. The van der Waals surface area contributed by atoms with Crippen LogP contribution in [0.25, 0.3) is 0 Å². The monoisotopic (exact) mass is 389 g/mol. The van der Waals surface area contributed by atoms with E-state index in [1.54, 1.807) is 37.4 Å². The molecule has 3 rings (SSSR count). The molecule has 2 aromatic carbocycles. The van der Waals surface area contributed by atoms with Crippen molar-refractivity contribution in [1.29, 1.82) is 0 Å². The van der Waals surface area contributed by atoms with Crippen molar-refractivity contribution in [2.45, 2.75) is 11.6 Å². The van der Waals surface area contributed by atoms with Gasteiger partial charge in [0.1, 0.15) is 5.82 Å². The Morgan fingerprint density at radius 2 is 1.93 bits per heavy atom. The van der Waals surface area contributed by atoms with Crippen molar-refractivity contribution in [3.63, 3.8) is 0 Å². The molecule has 9 heteroatoms. The highest BCUT2D eigenvalue weighted by molar-refractivity contribution is 7.92. The molecule has 1 N–H and O–H groups in total. The number of hydrogen-bond acceptors (Lipinski definition) is 4. The number of halogens is 1. The summed E-state index contributed by atoms with van der Waals surface area (Å²) in [6, 6.07) is 11.8. The van der Waals surface area contributed by atoms with Crippen molar-refractivity contribution in [3.05, 3.63) is 78.0 Å². The molecule has 140 valence electrons. The summed E-state index contributed by atoms with van der Waals surface area (Å²) in [5, 5.41) is 8.77. The molecule has 0 fully saturated rings. The SMILES string of the molecule is Cn1cnc(S(=O)(=O)N(Cc2ccccc2)c2ccc(C(=O)O)cc2F)c1. The predicted octanol–water partition coefficient (Wildman–Crippen LogP) is 2.65. The van der Waals surface area contributed by atoms with Crippen LogP contribution in [0.4, 0.5) is 10.1 Å². The van der Waals surface area contributed by atoms with E-state index < -0.39 is 21.8 Å². The average Bonchev–Trinajstić information content (AvgIpc) is 3.08. The first-order valence-electron chi connectivity index (χ1n) is 7.86. The minimum absolute atomic E-state index is 0.136. The lowest BCUT2D eigenvalue weighted by atomic mass is 10.2. The van der Waals surface area contributed by atoms with Crippen LogP contribution >= 0.6 is 0 Å². The van der Waals surface area contributed by atoms with Crippen molar-refractivity contribution in [3.8, 4) is 0 Å². The molecule has 0 amide bonds. The Labute approximate surface area is 155 Å². The number of carbonyl (C=O) groups is 1. The molecular weight excluding hydrogens is 373 g/mol. The highest BCUT2D eigenvalue weighted by Gasteiger charge is 2.29. The molecule has 0 aliphatic carbocycles. The molecule has 0 unspecified atom stereocenters. The first kappa shape index (κ1) is 18.6. The van der Waals surface area contributed by atoms with Crippen LogP contribution < -0.4 is 4.31 Å². The van der Waals surface area contributed by atoms with Crippen LogP contribution in [-0.4, -0.2) is 29.0 Å². The number of carboxylic acid groups (broad SMARTS) is 1. The van der Waals surface area contributed by atoms with Gasteiger partial charge < -0.3 is 9.67 Å². The molecule has 0 aliphatic heterocycles. The van der Waals surface area contributed by atoms with E-state index >= 15 is 0 Å². The number of aryl methyl sites for hydroxylation is 1. The maximum absolute atomic E-state index is 14.6. The zero-order chi connectivity index (χ0) is 19.6. The largest absolute Gasteiger partial charge is 0.478 e. The normalized spacial score (nSPS) is 11.3. The summed E-state index contributed by atoms with van der Waals surface area (Å²) >= 11 is 0. The van der Waals surface area contributed by atoms with E-state index in [4.69, 9.17) is 5.11 Å². The summed E-state index contributed by atoms with van der Waals surface area (Å²) in [5.41, 5.74) is 0.111. The summed E-state index contributed by atoms with van der Waals surface area (Å²) in [5.74, 6) is -2.26. The Balaban J connectivity index is 2.12. The maximum atomic E-state index is 14.6. The number of carboxylic acids is 1. The van der Waals surface area contributed by atoms with Crippen molar-refractivity contribution in [2.24, 2.45) is 7.05 Å². The van der Waals surface area contributed by atoms with E-state index in [9.17, 15) is 17.6 Å². The van der Waals surface area contributed by atoms with E-state index in [2.05, 4.69) is 4.98 Å². The lowest BCUT2D eigenvalue weighted by Crippen LogP contribution is -2.31. The molecule has 0 saturated heterocycles. The standard InChI is InChI=1S/C18H16FN3O4S/c1-21-11-17(20-12-21)27(25,26)22(10-13-5-3-2-4-6-13)16-8-7-14(18(23)24)9-15(16)19/h2-9,11-12H,10H2,1H3,(H,23,24). The Morgan fingerprint density at radius 3 is 2.48 bits per heavy atom. The molecule has 0 spiro atoms. The summed E-state index contributed by atoms with van der Waals surface area (Å²) in [6.45, 7) is -0.136. The number of benzene rings is 2. The van der Waals surface area contributed by atoms with Crippen LogP contribution in [-0.2, 0) is 23.6 Å². The van der Waals surface area contributed by atoms with E-state index in [0.29, 0.717) is 5.56 Å². The van der Waals surface area contributed by atoms with Gasteiger partial charge in [-0.25, -0.2) is 14.2 Å². The Bertz CT molecular complexity index is 1080. The van der Waals surface area contributed by atoms with Gasteiger partial charge >= 0.3 is 5.97 Å². The quantitative estimate of drug-likeness (QED) is 0.700.